The van der Waals surface area contributed by atoms with E-state index in [-0.39, 0.29) is 23.8 Å². The third-order valence-electron chi connectivity index (χ3n) is 7.64. The summed E-state index contributed by atoms with van der Waals surface area (Å²) in [6.45, 7) is 7.67. The molecule has 3 fully saturated rings. The fourth-order valence-corrected chi connectivity index (χ4v) is 5.67. The average Bonchev–Trinajstić information content (AvgIpc) is 3.59. The molecule has 7 nitrogen and oxygen atoms in total. The predicted molar refractivity (Wildman–Crippen MR) is 129 cm³/mol. The van der Waals surface area contributed by atoms with Crippen LogP contribution in [0, 0.1) is 24.7 Å². The Morgan fingerprint density at radius 2 is 1.85 bits per heavy atom. The molecule has 1 aromatic carbocycles. The van der Waals surface area contributed by atoms with Crippen molar-refractivity contribution in [2.45, 2.75) is 25.8 Å². The molecule has 2 aromatic rings. The van der Waals surface area contributed by atoms with Gasteiger partial charge in [-0.2, -0.15) is 0 Å². The highest BCUT2D eigenvalue weighted by atomic mass is 16.5. The highest BCUT2D eigenvalue weighted by molar-refractivity contribution is 5.95. The number of ether oxygens (including phenoxy) is 1. The number of amides is 2. The van der Waals surface area contributed by atoms with Gasteiger partial charge in [0.1, 0.15) is 0 Å². The largest absolute Gasteiger partial charge is 0.381 e. The van der Waals surface area contributed by atoms with Crippen molar-refractivity contribution in [3.8, 4) is 0 Å². The molecule has 34 heavy (non-hydrogen) atoms. The van der Waals surface area contributed by atoms with E-state index in [0.29, 0.717) is 30.6 Å². The molecule has 4 heterocycles. The van der Waals surface area contributed by atoms with E-state index in [1.807, 2.05) is 42.2 Å². The number of hydrogen-bond donors (Lipinski definition) is 1. The van der Waals surface area contributed by atoms with Crippen LogP contribution in [0.25, 0.3) is 0 Å². The maximum atomic E-state index is 13.0. The first-order valence-corrected chi connectivity index (χ1v) is 12.4. The molecule has 3 aliphatic heterocycles. The molecule has 7 heteroatoms. The van der Waals surface area contributed by atoms with Crippen LogP contribution in [0.15, 0.2) is 48.7 Å². The molecule has 2 amide bonds. The van der Waals surface area contributed by atoms with Gasteiger partial charge >= 0.3 is 0 Å². The second kappa shape index (κ2) is 10.2. The third-order valence-corrected chi connectivity index (χ3v) is 7.64. The minimum Gasteiger partial charge on any atom is -0.381 e. The first-order valence-electron chi connectivity index (χ1n) is 12.4. The Bertz CT molecular complexity index is 994. The average molecular weight is 463 g/mol. The molecule has 1 N–H and O–H groups in total. The number of aryl methyl sites for hydroxylation is 1. The summed E-state index contributed by atoms with van der Waals surface area (Å²) in [6, 6.07) is 14.0. The van der Waals surface area contributed by atoms with Gasteiger partial charge < -0.3 is 19.9 Å². The van der Waals surface area contributed by atoms with Gasteiger partial charge in [0.05, 0.1) is 24.1 Å². The number of nitrogens with one attached hydrogen (secondary N) is 1. The van der Waals surface area contributed by atoms with Gasteiger partial charge in [0, 0.05) is 51.2 Å². The summed E-state index contributed by atoms with van der Waals surface area (Å²) >= 11 is 0. The SMILES string of the molecule is Cc1ncccc1C(=O)N1CC2CN(CCC(NC(=O)C3CCOC3)c3ccccc3)C[C@H]2C1. The quantitative estimate of drug-likeness (QED) is 0.685. The number of aromatic nitrogens is 1. The van der Waals surface area contributed by atoms with E-state index in [1.54, 1.807) is 6.20 Å². The molecule has 0 radical (unpaired) electrons. The molecule has 3 unspecified atom stereocenters. The zero-order valence-electron chi connectivity index (χ0n) is 19.9. The van der Waals surface area contributed by atoms with Crippen molar-refractivity contribution >= 4 is 11.8 Å². The van der Waals surface area contributed by atoms with Crippen molar-refractivity contribution < 1.29 is 14.3 Å². The van der Waals surface area contributed by atoms with Crippen molar-refractivity contribution in [3.63, 3.8) is 0 Å². The topological polar surface area (TPSA) is 74.8 Å². The maximum Gasteiger partial charge on any atom is 0.255 e. The first kappa shape index (κ1) is 23.0. The van der Waals surface area contributed by atoms with Gasteiger partial charge in [-0.25, -0.2) is 0 Å². The van der Waals surface area contributed by atoms with E-state index in [2.05, 4.69) is 27.3 Å². The van der Waals surface area contributed by atoms with Crippen LogP contribution in [0.3, 0.4) is 0 Å². The molecular weight excluding hydrogens is 428 g/mol. The van der Waals surface area contributed by atoms with E-state index in [9.17, 15) is 9.59 Å². The minimum absolute atomic E-state index is 0.00127. The summed E-state index contributed by atoms with van der Waals surface area (Å²) in [6.07, 6.45) is 3.41. The molecular formula is C27H34N4O3. The summed E-state index contributed by atoms with van der Waals surface area (Å²) in [5.74, 6) is 1.20. The predicted octanol–water partition coefficient (Wildman–Crippen LogP) is 2.68. The number of hydrogen-bond acceptors (Lipinski definition) is 5. The van der Waals surface area contributed by atoms with Crippen molar-refractivity contribution in [3.05, 3.63) is 65.5 Å². The second-order valence-electron chi connectivity index (χ2n) is 9.95. The van der Waals surface area contributed by atoms with E-state index in [1.165, 1.54) is 0 Å². The molecule has 0 spiro atoms. The Labute approximate surface area is 201 Å². The zero-order chi connectivity index (χ0) is 23.5. The lowest BCUT2D eigenvalue weighted by Gasteiger charge is -2.25. The van der Waals surface area contributed by atoms with Gasteiger partial charge in [0.25, 0.3) is 5.91 Å². The van der Waals surface area contributed by atoms with E-state index >= 15 is 0 Å². The van der Waals surface area contributed by atoms with Crippen molar-refractivity contribution in [1.29, 1.82) is 0 Å². The normalized spacial score (nSPS) is 25.3. The van der Waals surface area contributed by atoms with Crippen LogP contribution in [0.5, 0.6) is 0 Å². The van der Waals surface area contributed by atoms with Crippen LogP contribution in [0.4, 0.5) is 0 Å². The number of rotatable bonds is 7. The number of carbonyl (C=O) groups excluding carboxylic acids is 2. The number of likely N-dealkylation sites (tertiary alicyclic amines) is 2. The summed E-state index contributed by atoms with van der Waals surface area (Å²) in [5, 5.41) is 3.29. The first-order chi connectivity index (χ1) is 16.6. The molecule has 0 aliphatic carbocycles. The summed E-state index contributed by atoms with van der Waals surface area (Å²) in [4.78, 5) is 34.6. The van der Waals surface area contributed by atoms with Crippen molar-refractivity contribution in [2.24, 2.45) is 17.8 Å². The Morgan fingerprint density at radius 3 is 2.53 bits per heavy atom. The lowest BCUT2D eigenvalue weighted by atomic mass is 10.0. The smallest absolute Gasteiger partial charge is 0.255 e. The molecule has 0 saturated carbocycles. The Morgan fingerprint density at radius 1 is 1.09 bits per heavy atom. The maximum absolute atomic E-state index is 13.0. The Balaban J connectivity index is 1.16. The molecule has 0 bridgehead atoms. The van der Waals surface area contributed by atoms with Crippen LogP contribution in [-0.4, -0.2) is 72.5 Å². The lowest BCUT2D eigenvalue weighted by Crippen LogP contribution is -2.37. The lowest BCUT2D eigenvalue weighted by molar-refractivity contribution is -0.125. The van der Waals surface area contributed by atoms with E-state index in [4.69, 9.17) is 4.74 Å². The van der Waals surface area contributed by atoms with Gasteiger partial charge in [-0.1, -0.05) is 30.3 Å². The van der Waals surface area contributed by atoms with Crippen LogP contribution >= 0.6 is 0 Å². The number of carbonyl (C=O) groups is 2. The highest BCUT2D eigenvalue weighted by Gasteiger charge is 2.42. The standard InChI is InChI=1S/C27H34N4O3/c1-19-24(8-5-11-28-19)27(33)31-16-22-14-30(15-23(22)17-31)12-9-25(20-6-3-2-4-7-20)29-26(32)21-10-13-34-18-21/h2-8,11,21-23,25H,9-10,12-18H2,1H3,(H,29,32)/t21?,22-,23?,25?/m0/s1. The van der Waals surface area contributed by atoms with Gasteiger partial charge in [-0.15, -0.1) is 0 Å². The molecule has 1 aromatic heterocycles. The summed E-state index contributed by atoms with van der Waals surface area (Å²) in [7, 11) is 0. The highest BCUT2D eigenvalue weighted by Crippen LogP contribution is 2.33. The minimum atomic E-state index is -0.0377. The number of nitrogens with zero attached hydrogens (tertiary/aromatic N) is 3. The van der Waals surface area contributed by atoms with Crippen LogP contribution < -0.4 is 5.32 Å². The molecule has 4 atom stereocenters. The van der Waals surface area contributed by atoms with Gasteiger partial charge in [0.2, 0.25) is 5.91 Å². The second-order valence-corrected chi connectivity index (χ2v) is 9.95. The zero-order valence-corrected chi connectivity index (χ0v) is 19.9. The number of benzene rings is 1. The molecule has 3 saturated heterocycles. The monoisotopic (exact) mass is 462 g/mol. The molecule has 3 aliphatic rings. The Kier molecular flexibility index (Phi) is 6.92. The van der Waals surface area contributed by atoms with E-state index in [0.717, 1.165) is 56.8 Å². The van der Waals surface area contributed by atoms with Crippen molar-refractivity contribution in [2.75, 3.05) is 45.9 Å². The number of pyridine rings is 1. The van der Waals surface area contributed by atoms with Crippen LogP contribution in [0.1, 0.15) is 40.5 Å². The van der Waals surface area contributed by atoms with Crippen LogP contribution in [0.2, 0.25) is 0 Å². The van der Waals surface area contributed by atoms with Crippen LogP contribution in [-0.2, 0) is 9.53 Å². The summed E-state index contributed by atoms with van der Waals surface area (Å²) < 4.78 is 5.41. The van der Waals surface area contributed by atoms with Gasteiger partial charge in [-0.3, -0.25) is 14.6 Å². The van der Waals surface area contributed by atoms with Crippen molar-refractivity contribution in [1.82, 2.24) is 20.1 Å². The molecule has 180 valence electrons. The number of fused-ring (bicyclic) bond motifs is 1. The summed E-state index contributed by atoms with van der Waals surface area (Å²) in [5.41, 5.74) is 2.66. The third kappa shape index (κ3) is 5.00. The fraction of sp³-hybridized carbons (Fsp3) is 0.519. The van der Waals surface area contributed by atoms with Gasteiger partial charge in [-0.05, 0) is 49.3 Å². The van der Waals surface area contributed by atoms with Gasteiger partial charge in [0.15, 0.2) is 0 Å². The Hall–Kier alpha value is -2.77. The molecule has 5 rings (SSSR count). The van der Waals surface area contributed by atoms with E-state index < -0.39 is 0 Å². The fourth-order valence-electron chi connectivity index (χ4n) is 5.67.